The van der Waals surface area contributed by atoms with Crippen molar-refractivity contribution in [2.45, 2.75) is 50.8 Å². The zero-order valence-corrected chi connectivity index (χ0v) is 15.7. The van der Waals surface area contributed by atoms with Gasteiger partial charge in [-0.2, -0.15) is 0 Å². The number of halogens is 1. The number of carbonyl (C=O) groups is 2. The molecule has 3 rings (SSSR count). The summed E-state index contributed by atoms with van der Waals surface area (Å²) < 4.78 is 13.3. The van der Waals surface area contributed by atoms with Gasteiger partial charge in [0.15, 0.2) is 0 Å². The van der Waals surface area contributed by atoms with Gasteiger partial charge in [0.25, 0.3) is 5.91 Å². The van der Waals surface area contributed by atoms with E-state index in [1.54, 1.807) is 24.3 Å². The molecule has 1 saturated carbocycles. The highest BCUT2D eigenvalue weighted by Crippen LogP contribution is 2.20. The van der Waals surface area contributed by atoms with E-state index in [1.807, 2.05) is 0 Å². The number of aromatic nitrogens is 1. The Balaban J connectivity index is 1.59. The van der Waals surface area contributed by atoms with Crippen LogP contribution in [0, 0.1) is 5.82 Å². The second kappa shape index (κ2) is 8.93. The van der Waals surface area contributed by atoms with E-state index < -0.39 is 12.0 Å². The average molecular weight is 385 g/mol. The predicted molar refractivity (Wildman–Crippen MR) is 103 cm³/mol. The van der Waals surface area contributed by atoms with E-state index in [0.717, 1.165) is 19.3 Å². The van der Waals surface area contributed by atoms with Gasteiger partial charge in [0.05, 0.1) is 11.3 Å². The van der Waals surface area contributed by atoms with Crippen LogP contribution >= 0.6 is 0 Å². The van der Waals surface area contributed by atoms with E-state index >= 15 is 0 Å². The van der Waals surface area contributed by atoms with E-state index in [1.165, 1.54) is 25.3 Å². The van der Waals surface area contributed by atoms with Gasteiger partial charge < -0.3 is 15.7 Å². The van der Waals surface area contributed by atoms with Crippen LogP contribution in [0.15, 0.2) is 42.6 Å². The van der Waals surface area contributed by atoms with Crippen molar-refractivity contribution in [3.8, 4) is 11.3 Å². The number of amides is 2. The minimum absolute atomic E-state index is 0.0524. The smallest absolute Gasteiger partial charge is 0.253 e. The summed E-state index contributed by atoms with van der Waals surface area (Å²) in [7, 11) is 0. The van der Waals surface area contributed by atoms with Crippen molar-refractivity contribution in [1.29, 1.82) is 0 Å². The number of nitrogens with one attached hydrogen (secondary N) is 2. The maximum Gasteiger partial charge on any atom is 0.253 e. The highest BCUT2D eigenvalue weighted by atomic mass is 19.1. The van der Waals surface area contributed by atoms with E-state index in [0.29, 0.717) is 23.2 Å². The molecule has 7 heteroatoms. The molecule has 1 aliphatic carbocycles. The molecule has 3 N–H and O–H groups in total. The van der Waals surface area contributed by atoms with Crippen molar-refractivity contribution in [1.82, 2.24) is 15.6 Å². The molecule has 148 valence electrons. The maximum absolute atomic E-state index is 13.3. The fourth-order valence-corrected chi connectivity index (χ4v) is 3.39. The summed E-state index contributed by atoms with van der Waals surface area (Å²) in [6.07, 6.45) is 3.60. The lowest BCUT2D eigenvalue weighted by Gasteiger charge is -2.30. The summed E-state index contributed by atoms with van der Waals surface area (Å²) in [5.41, 5.74) is 1.67. The van der Waals surface area contributed by atoms with Crippen LogP contribution in [-0.4, -0.2) is 40.1 Å². The zero-order chi connectivity index (χ0) is 20.1. The first kappa shape index (κ1) is 19.9. The number of aliphatic hydroxyl groups is 1. The molecule has 0 unspecified atom stereocenters. The Kier molecular flexibility index (Phi) is 6.36. The first-order valence-electron chi connectivity index (χ1n) is 9.43. The van der Waals surface area contributed by atoms with Gasteiger partial charge in [0, 0.05) is 23.8 Å². The van der Waals surface area contributed by atoms with Gasteiger partial charge in [0.1, 0.15) is 11.9 Å². The standard InChI is InChI=1S/C21H24FN3O3/c1-13(26)20(27)24-17-6-3-7-18(11-17)25-21(28)15-8-9-19(23-12-15)14-4-2-5-16(22)10-14/h2,4-5,8-10,12-13,17-18,26H,3,6-7,11H2,1H3,(H,24,27)(H,25,28)/t13-,17+,18+/m0/s1. The molecule has 2 aromatic rings. The first-order valence-corrected chi connectivity index (χ1v) is 9.43. The molecule has 0 saturated heterocycles. The predicted octanol–water partition coefficient (Wildman–Crippen LogP) is 2.43. The fourth-order valence-electron chi connectivity index (χ4n) is 3.39. The SMILES string of the molecule is C[C@H](O)C(=O)N[C@@H]1CCC[C@@H](NC(=O)c2ccc(-c3cccc(F)c3)nc2)C1. The van der Waals surface area contributed by atoms with Crippen molar-refractivity contribution in [3.63, 3.8) is 0 Å². The molecule has 1 fully saturated rings. The van der Waals surface area contributed by atoms with Gasteiger partial charge in [0.2, 0.25) is 5.91 Å². The van der Waals surface area contributed by atoms with Gasteiger partial charge in [-0.05, 0) is 56.9 Å². The molecule has 0 spiro atoms. The number of aliphatic hydroxyl groups excluding tert-OH is 1. The number of nitrogens with zero attached hydrogens (tertiary/aromatic N) is 1. The average Bonchev–Trinajstić information content (AvgIpc) is 2.68. The number of hydrogen-bond acceptors (Lipinski definition) is 4. The molecular weight excluding hydrogens is 361 g/mol. The fraction of sp³-hybridized carbons (Fsp3) is 0.381. The maximum atomic E-state index is 13.3. The van der Waals surface area contributed by atoms with Crippen LogP contribution in [0.25, 0.3) is 11.3 Å². The largest absolute Gasteiger partial charge is 0.384 e. The molecule has 2 amide bonds. The molecule has 0 bridgehead atoms. The zero-order valence-electron chi connectivity index (χ0n) is 15.7. The molecule has 1 aromatic heterocycles. The number of rotatable bonds is 5. The second-order valence-electron chi connectivity index (χ2n) is 7.16. The monoisotopic (exact) mass is 385 g/mol. The molecule has 0 aliphatic heterocycles. The molecule has 1 heterocycles. The van der Waals surface area contributed by atoms with Gasteiger partial charge in [-0.1, -0.05) is 12.1 Å². The Bertz CT molecular complexity index is 839. The lowest BCUT2D eigenvalue weighted by molar-refractivity contribution is -0.129. The van der Waals surface area contributed by atoms with Crippen molar-refractivity contribution in [3.05, 3.63) is 54.0 Å². The Morgan fingerprint density at radius 1 is 1.18 bits per heavy atom. The number of pyridine rings is 1. The van der Waals surface area contributed by atoms with Gasteiger partial charge >= 0.3 is 0 Å². The van der Waals surface area contributed by atoms with Gasteiger partial charge in [-0.25, -0.2) is 4.39 Å². The Labute approximate surface area is 163 Å². The molecule has 1 aliphatic rings. The highest BCUT2D eigenvalue weighted by Gasteiger charge is 2.25. The van der Waals surface area contributed by atoms with Crippen LogP contribution in [0.2, 0.25) is 0 Å². The number of benzene rings is 1. The topological polar surface area (TPSA) is 91.3 Å². The molecule has 1 aromatic carbocycles. The Hall–Kier alpha value is -2.80. The molecule has 3 atom stereocenters. The third-order valence-corrected chi connectivity index (χ3v) is 4.88. The van der Waals surface area contributed by atoms with Crippen LogP contribution in [0.5, 0.6) is 0 Å². The van der Waals surface area contributed by atoms with E-state index in [2.05, 4.69) is 15.6 Å². The van der Waals surface area contributed by atoms with Crippen LogP contribution in [0.3, 0.4) is 0 Å². The third-order valence-electron chi connectivity index (χ3n) is 4.88. The Morgan fingerprint density at radius 3 is 2.57 bits per heavy atom. The summed E-state index contributed by atoms with van der Waals surface area (Å²) in [4.78, 5) is 28.4. The van der Waals surface area contributed by atoms with E-state index in [4.69, 9.17) is 0 Å². The summed E-state index contributed by atoms with van der Waals surface area (Å²) in [5.74, 6) is -0.962. The van der Waals surface area contributed by atoms with Crippen LogP contribution in [0.1, 0.15) is 43.0 Å². The normalized spacial score (nSPS) is 20.2. The van der Waals surface area contributed by atoms with Crippen molar-refractivity contribution in [2.24, 2.45) is 0 Å². The summed E-state index contributed by atoms with van der Waals surface area (Å²) in [6.45, 7) is 1.43. The third kappa shape index (κ3) is 5.13. The molecular formula is C21H24FN3O3. The van der Waals surface area contributed by atoms with Crippen LogP contribution < -0.4 is 10.6 Å². The summed E-state index contributed by atoms with van der Waals surface area (Å²) >= 11 is 0. The van der Waals surface area contributed by atoms with Crippen molar-refractivity contribution >= 4 is 11.8 Å². The van der Waals surface area contributed by atoms with Crippen molar-refractivity contribution in [2.75, 3.05) is 0 Å². The summed E-state index contributed by atoms with van der Waals surface area (Å²) in [6, 6.07) is 9.38. The van der Waals surface area contributed by atoms with E-state index in [-0.39, 0.29) is 23.8 Å². The molecule has 6 nitrogen and oxygen atoms in total. The van der Waals surface area contributed by atoms with E-state index in [9.17, 15) is 19.1 Å². The lowest BCUT2D eigenvalue weighted by Crippen LogP contribution is -2.47. The molecule has 0 radical (unpaired) electrons. The Morgan fingerprint density at radius 2 is 1.93 bits per heavy atom. The van der Waals surface area contributed by atoms with Crippen LogP contribution in [0.4, 0.5) is 4.39 Å². The first-order chi connectivity index (χ1) is 13.4. The highest BCUT2D eigenvalue weighted by molar-refractivity contribution is 5.94. The van der Waals surface area contributed by atoms with Gasteiger partial charge in [-0.15, -0.1) is 0 Å². The second-order valence-corrected chi connectivity index (χ2v) is 7.16. The lowest BCUT2D eigenvalue weighted by atomic mass is 9.90. The van der Waals surface area contributed by atoms with Crippen LogP contribution in [-0.2, 0) is 4.79 Å². The quantitative estimate of drug-likeness (QED) is 0.737. The summed E-state index contributed by atoms with van der Waals surface area (Å²) in [5, 5.41) is 15.1. The van der Waals surface area contributed by atoms with Gasteiger partial charge in [-0.3, -0.25) is 14.6 Å². The minimum atomic E-state index is -1.04. The molecule has 28 heavy (non-hydrogen) atoms. The van der Waals surface area contributed by atoms with Crippen molar-refractivity contribution < 1.29 is 19.1 Å². The number of hydrogen-bond donors (Lipinski definition) is 3. The number of carbonyl (C=O) groups excluding carboxylic acids is 2. The minimum Gasteiger partial charge on any atom is -0.384 e.